The lowest BCUT2D eigenvalue weighted by Gasteiger charge is -2.48. The Morgan fingerprint density at radius 3 is 1.91 bits per heavy atom. The topological polar surface area (TPSA) is 111 Å². The Morgan fingerprint density at radius 2 is 1.33 bits per heavy atom. The number of nitrogens with zero attached hydrogens (tertiary/aromatic N) is 1. The van der Waals surface area contributed by atoms with Gasteiger partial charge < -0.3 is 19.5 Å². The van der Waals surface area contributed by atoms with Gasteiger partial charge in [0.2, 0.25) is 6.23 Å². The van der Waals surface area contributed by atoms with Crippen molar-refractivity contribution in [2.45, 2.75) is 38.4 Å². The van der Waals surface area contributed by atoms with Crippen LogP contribution < -0.4 is 10.1 Å². The van der Waals surface area contributed by atoms with E-state index in [0.29, 0.717) is 23.5 Å². The van der Waals surface area contributed by atoms with Crippen LogP contribution in [0.4, 0.5) is 0 Å². The number of β-lactam (4-membered cyclic amide) rings is 1. The number of carbonyl (C=O) groups is 4. The summed E-state index contributed by atoms with van der Waals surface area (Å²) in [5.41, 5.74) is 2.51. The molecule has 1 heterocycles. The Bertz CT molecular complexity index is 1560. The van der Waals surface area contributed by atoms with Crippen LogP contribution in [0.3, 0.4) is 0 Å². The van der Waals surface area contributed by atoms with E-state index in [1.165, 1.54) is 6.92 Å². The second-order valence-electron chi connectivity index (χ2n) is 9.90. The Labute approximate surface area is 249 Å². The summed E-state index contributed by atoms with van der Waals surface area (Å²) in [4.78, 5) is 53.2. The highest BCUT2D eigenvalue weighted by Gasteiger charge is 2.56. The van der Waals surface area contributed by atoms with Crippen LogP contribution in [-0.2, 0) is 37.1 Å². The van der Waals surface area contributed by atoms with Gasteiger partial charge in [-0.1, -0.05) is 91.0 Å². The summed E-state index contributed by atoms with van der Waals surface area (Å²) in [5.74, 6) is -1.95. The third-order valence-corrected chi connectivity index (χ3v) is 6.86. The van der Waals surface area contributed by atoms with Crippen molar-refractivity contribution in [1.29, 1.82) is 0 Å². The fraction of sp³-hybridized carbons (Fsp3) is 0.176. The molecule has 0 aromatic heterocycles. The van der Waals surface area contributed by atoms with Gasteiger partial charge in [0, 0.05) is 12.5 Å². The van der Waals surface area contributed by atoms with Gasteiger partial charge in [-0.25, -0.2) is 4.79 Å². The number of likely N-dealkylation sites (tertiary alicyclic amines) is 1. The van der Waals surface area contributed by atoms with E-state index in [9.17, 15) is 19.2 Å². The van der Waals surface area contributed by atoms with E-state index in [0.717, 1.165) is 16.0 Å². The van der Waals surface area contributed by atoms with E-state index in [-0.39, 0.29) is 6.61 Å². The molecule has 1 aliphatic rings. The van der Waals surface area contributed by atoms with Gasteiger partial charge in [0.05, 0.1) is 0 Å². The van der Waals surface area contributed by atoms with Gasteiger partial charge in [0.1, 0.15) is 19.0 Å². The predicted octanol–water partition coefficient (Wildman–Crippen LogP) is 4.58. The molecular formula is C34H30N2O7. The predicted molar refractivity (Wildman–Crippen MR) is 156 cm³/mol. The lowest BCUT2D eigenvalue weighted by molar-refractivity contribution is -0.201. The first-order chi connectivity index (χ1) is 20.9. The molecule has 2 amide bonds. The molecule has 3 atom stereocenters. The normalized spacial score (nSPS) is 16.4. The van der Waals surface area contributed by atoms with Gasteiger partial charge in [-0.3, -0.25) is 19.3 Å². The van der Waals surface area contributed by atoms with Gasteiger partial charge in [-0.15, -0.1) is 0 Å². The lowest BCUT2D eigenvalue weighted by Crippen LogP contribution is -2.73. The molecule has 1 unspecified atom stereocenters. The van der Waals surface area contributed by atoms with E-state index in [4.69, 9.17) is 14.2 Å². The summed E-state index contributed by atoms with van der Waals surface area (Å²) in [7, 11) is 0. The highest BCUT2D eigenvalue weighted by Crippen LogP contribution is 2.35. The van der Waals surface area contributed by atoms with Crippen LogP contribution in [0, 0.1) is 0 Å². The lowest BCUT2D eigenvalue weighted by atomic mass is 9.95. The zero-order valence-electron chi connectivity index (χ0n) is 23.4. The Morgan fingerprint density at radius 1 is 0.767 bits per heavy atom. The molecule has 0 radical (unpaired) electrons. The van der Waals surface area contributed by atoms with Crippen molar-refractivity contribution in [1.82, 2.24) is 10.2 Å². The molecule has 0 saturated carbocycles. The molecule has 4 aromatic rings. The number of hydrogen-bond donors (Lipinski definition) is 1. The summed E-state index contributed by atoms with van der Waals surface area (Å²) < 4.78 is 17.0. The molecule has 218 valence electrons. The van der Waals surface area contributed by atoms with Crippen LogP contribution in [-0.4, -0.2) is 40.9 Å². The van der Waals surface area contributed by atoms with E-state index in [2.05, 4.69) is 5.32 Å². The van der Waals surface area contributed by atoms with Gasteiger partial charge in [0.25, 0.3) is 11.8 Å². The van der Waals surface area contributed by atoms with Crippen molar-refractivity contribution < 1.29 is 33.4 Å². The van der Waals surface area contributed by atoms with Crippen LogP contribution in [0.15, 0.2) is 115 Å². The van der Waals surface area contributed by atoms with E-state index < -0.39 is 42.1 Å². The van der Waals surface area contributed by atoms with Crippen LogP contribution in [0.1, 0.15) is 40.0 Å². The van der Waals surface area contributed by atoms with E-state index >= 15 is 0 Å². The molecule has 4 aromatic carbocycles. The summed E-state index contributed by atoms with van der Waals surface area (Å²) >= 11 is 0. The van der Waals surface area contributed by atoms with Crippen molar-refractivity contribution in [3.8, 4) is 5.75 Å². The molecule has 1 N–H and O–H groups in total. The third-order valence-electron chi connectivity index (χ3n) is 6.86. The molecule has 43 heavy (non-hydrogen) atoms. The van der Waals surface area contributed by atoms with Gasteiger partial charge in [-0.05, 0) is 41.0 Å². The fourth-order valence-electron chi connectivity index (χ4n) is 4.71. The summed E-state index contributed by atoms with van der Waals surface area (Å²) in [6.07, 6.45) is -1.24. The maximum atomic E-state index is 13.6. The largest absolute Gasteiger partial charge is 0.489 e. The average Bonchev–Trinajstić information content (AvgIpc) is 3.05. The molecule has 1 saturated heterocycles. The second-order valence-corrected chi connectivity index (χ2v) is 9.90. The molecule has 0 spiro atoms. The fourth-order valence-corrected chi connectivity index (χ4v) is 4.71. The summed E-state index contributed by atoms with van der Waals surface area (Å²) in [5, 5.41) is 2.63. The molecule has 9 nitrogen and oxygen atoms in total. The number of carbonyl (C=O) groups excluding carboxylic acids is 4. The maximum Gasteiger partial charge on any atom is 0.334 e. The first-order valence-corrected chi connectivity index (χ1v) is 13.7. The molecule has 1 aliphatic heterocycles. The number of nitrogens with one attached hydrogen (secondary N) is 1. The minimum absolute atomic E-state index is 0.0249. The van der Waals surface area contributed by atoms with Crippen LogP contribution in [0.2, 0.25) is 0 Å². The van der Waals surface area contributed by atoms with Crippen LogP contribution >= 0.6 is 0 Å². The molecular weight excluding hydrogens is 548 g/mol. The minimum Gasteiger partial charge on any atom is -0.489 e. The first kappa shape index (κ1) is 29.1. The second kappa shape index (κ2) is 13.5. The number of benzene rings is 4. The molecule has 1 fully saturated rings. The zero-order valence-corrected chi connectivity index (χ0v) is 23.4. The highest BCUT2D eigenvalue weighted by atomic mass is 16.6. The van der Waals surface area contributed by atoms with E-state index in [1.807, 2.05) is 60.7 Å². The number of hydrogen-bond acceptors (Lipinski definition) is 7. The number of ether oxygens (including phenoxy) is 3. The van der Waals surface area contributed by atoms with E-state index in [1.54, 1.807) is 54.6 Å². The average molecular weight is 579 g/mol. The van der Waals surface area contributed by atoms with Crippen LogP contribution in [0.25, 0.3) is 0 Å². The van der Waals surface area contributed by atoms with Gasteiger partial charge in [0.15, 0.2) is 12.1 Å². The summed E-state index contributed by atoms with van der Waals surface area (Å²) in [6.45, 7) is 1.52. The van der Waals surface area contributed by atoms with Crippen molar-refractivity contribution in [3.05, 3.63) is 138 Å². The van der Waals surface area contributed by atoms with Crippen molar-refractivity contribution in [2.24, 2.45) is 0 Å². The first-order valence-electron chi connectivity index (χ1n) is 13.7. The molecule has 9 heteroatoms. The molecule has 5 rings (SSSR count). The number of rotatable bonds is 11. The van der Waals surface area contributed by atoms with Crippen molar-refractivity contribution >= 4 is 23.8 Å². The summed E-state index contributed by atoms with van der Waals surface area (Å²) in [6, 6.07) is 31.4. The van der Waals surface area contributed by atoms with Gasteiger partial charge >= 0.3 is 11.9 Å². The third kappa shape index (κ3) is 7.08. The number of esters is 2. The van der Waals surface area contributed by atoms with Crippen LogP contribution in [0.5, 0.6) is 5.75 Å². The molecule has 0 bridgehead atoms. The van der Waals surface area contributed by atoms with Gasteiger partial charge in [-0.2, -0.15) is 0 Å². The quantitative estimate of drug-likeness (QED) is 0.205. The Kier molecular flexibility index (Phi) is 9.11. The monoisotopic (exact) mass is 578 g/mol. The standard InChI is InChI=1S/C34H30N2O7/c1-23(37)43-33-29(35-31(38)27-15-9-4-10-16-27)32(39)36(33)30(34(40)42-22-25-13-7-3-8-14-25)26-17-19-28(20-18-26)41-21-24-11-5-2-6-12-24/h2-20,29-30,33H,21-22H2,1H3,(H,35,38)/t29-,30?,33+/m0/s1. The Balaban J connectivity index is 1.39. The van der Waals surface area contributed by atoms with Crippen molar-refractivity contribution in [3.63, 3.8) is 0 Å². The molecule has 0 aliphatic carbocycles. The number of amides is 2. The zero-order chi connectivity index (χ0) is 30.2. The maximum absolute atomic E-state index is 13.6. The SMILES string of the molecule is CC(=O)O[C@@H]1[C@@H](NC(=O)c2ccccc2)C(=O)N1C(C(=O)OCc1ccccc1)c1ccc(OCc2ccccc2)cc1. The Hall–Kier alpha value is -5.44. The smallest absolute Gasteiger partial charge is 0.334 e. The minimum atomic E-state index is -1.26. The van der Waals surface area contributed by atoms with Crippen molar-refractivity contribution in [2.75, 3.05) is 0 Å². The highest BCUT2D eigenvalue weighted by molar-refractivity contribution is 6.01.